The maximum Gasteiger partial charge on any atom is 0.472 e. The molecule has 0 aromatic rings. The smallest absolute Gasteiger partial charge is 0.457 e. The summed E-state index contributed by atoms with van der Waals surface area (Å²) in [5.41, 5.74) is 0. The van der Waals surface area contributed by atoms with Gasteiger partial charge in [0.05, 0.1) is 19.6 Å². The third-order valence-electron chi connectivity index (χ3n) is 7.94. The summed E-state index contributed by atoms with van der Waals surface area (Å²) in [5.74, 6) is -0.609. The van der Waals surface area contributed by atoms with Gasteiger partial charge < -0.3 is 39.9 Å². The van der Waals surface area contributed by atoms with Gasteiger partial charge in [-0.3, -0.25) is 13.8 Å². The molecule has 0 heterocycles. The van der Waals surface area contributed by atoms with E-state index in [1.54, 1.807) is 6.08 Å². The van der Waals surface area contributed by atoms with Crippen molar-refractivity contribution in [3.05, 3.63) is 60.8 Å². The predicted molar refractivity (Wildman–Crippen MR) is 193 cm³/mol. The lowest BCUT2D eigenvalue weighted by Crippen LogP contribution is -2.64. The van der Waals surface area contributed by atoms with Gasteiger partial charge in [-0.1, -0.05) is 120 Å². The van der Waals surface area contributed by atoms with Crippen LogP contribution >= 0.6 is 7.82 Å². The molecule has 1 fully saturated rings. The number of rotatable bonds is 28. The van der Waals surface area contributed by atoms with E-state index in [2.05, 4.69) is 50.3 Å². The normalized spacial score (nSPS) is 25.0. The number of carbonyl (C=O) groups is 1. The van der Waals surface area contributed by atoms with E-state index < -0.39 is 63.1 Å². The number of allylic oxidation sites excluding steroid dienone is 9. The number of aliphatic hydroxyl groups excluding tert-OH is 5. The fourth-order valence-electron chi connectivity index (χ4n) is 5.02. The lowest BCUT2D eigenvalue weighted by molar-refractivity contribution is -0.220. The lowest BCUT2D eigenvalue weighted by atomic mass is 9.85. The third-order valence-corrected chi connectivity index (χ3v) is 8.92. The van der Waals surface area contributed by atoms with Crippen LogP contribution in [0, 0.1) is 0 Å². The Kier molecular flexibility index (Phi) is 26.4. The zero-order valence-electron chi connectivity index (χ0n) is 29.9. The quantitative estimate of drug-likeness (QED) is 0.0256. The van der Waals surface area contributed by atoms with Crippen molar-refractivity contribution < 1.29 is 58.3 Å². The first kappa shape index (κ1) is 46.1. The maximum atomic E-state index is 12.7. The summed E-state index contributed by atoms with van der Waals surface area (Å²) in [5, 5.41) is 49.8. The zero-order valence-corrected chi connectivity index (χ0v) is 30.8. The van der Waals surface area contributed by atoms with Crippen LogP contribution in [0.2, 0.25) is 0 Å². The topological polar surface area (TPSA) is 192 Å². The van der Waals surface area contributed by atoms with E-state index in [0.29, 0.717) is 13.0 Å². The Bertz CT molecular complexity index is 1060. The molecule has 0 spiro atoms. The summed E-state index contributed by atoms with van der Waals surface area (Å²) >= 11 is 0. The molecular weight excluding hydrogens is 667 g/mol. The Hall–Kier alpha value is -1.96. The van der Waals surface area contributed by atoms with E-state index in [0.717, 1.165) is 51.4 Å². The highest BCUT2D eigenvalue weighted by Crippen LogP contribution is 2.47. The molecular formula is C37H63O12P. The molecule has 6 unspecified atom stereocenters. The van der Waals surface area contributed by atoms with Crippen LogP contribution in [-0.2, 0) is 27.9 Å². The molecule has 0 saturated heterocycles. The van der Waals surface area contributed by atoms with Gasteiger partial charge in [-0.05, 0) is 38.5 Å². The molecule has 6 N–H and O–H groups in total. The van der Waals surface area contributed by atoms with Gasteiger partial charge in [-0.25, -0.2) is 4.57 Å². The van der Waals surface area contributed by atoms with Crippen molar-refractivity contribution >= 4 is 13.8 Å². The van der Waals surface area contributed by atoms with E-state index in [9.17, 15) is 39.8 Å². The highest BCUT2D eigenvalue weighted by Gasteiger charge is 2.51. The first-order valence-electron chi connectivity index (χ1n) is 18.1. The standard InChI is InChI=1S/C37H63O12P/c1-3-5-7-9-11-13-14-15-16-17-18-19-20-22-24-26-31(38)48-30(28-46-27-25-23-21-12-10-8-6-4-2)29-47-50(44,45)49-37-35(42)33(40)32(39)34(41)36(37)43/h5,7,11,13,15-16,18-19,22,24,30,32-37,39-43H,3-4,6,8-10,12,14,17,20-21,23,25-29H2,1-2H3,(H,44,45)/b7-5-,13-11-,16-15-,19-18-,24-22-. The van der Waals surface area contributed by atoms with E-state index in [1.165, 1.54) is 25.7 Å². The number of aliphatic hydroxyl groups is 5. The molecule has 0 aromatic heterocycles. The molecule has 13 heteroatoms. The average molecular weight is 731 g/mol. The molecule has 50 heavy (non-hydrogen) atoms. The van der Waals surface area contributed by atoms with Crippen molar-refractivity contribution in [3.63, 3.8) is 0 Å². The minimum absolute atomic E-state index is 0.0477. The number of phosphoric ester groups is 1. The zero-order chi connectivity index (χ0) is 37.0. The minimum atomic E-state index is -5.03. The Morgan fingerprint density at radius 1 is 0.640 bits per heavy atom. The summed E-state index contributed by atoms with van der Waals surface area (Å²) in [6.07, 6.45) is 20.7. The predicted octanol–water partition coefficient (Wildman–Crippen LogP) is 5.52. The van der Waals surface area contributed by atoms with Crippen LogP contribution in [0.15, 0.2) is 60.8 Å². The summed E-state index contributed by atoms with van der Waals surface area (Å²) in [4.78, 5) is 22.8. The molecule has 6 atom stereocenters. The molecule has 0 radical (unpaired) electrons. The fraction of sp³-hybridized carbons (Fsp3) is 0.703. The maximum absolute atomic E-state index is 12.7. The molecule has 0 bridgehead atoms. The van der Waals surface area contributed by atoms with Crippen molar-refractivity contribution in [2.45, 2.75) is 146 Å². The molecule has 0 aromatic carbocycles. The van der Waals surface area contributed by atoms with Crippen molar-refractivity contribution in [2.24, 2.45) is 0 Å². The van der Waals surface area contributed by atoms with Gasteiger partial charge in [0.2, 0.25) is 0 Å². The van der Waals surface area contributed by atoms with Crippen LogP contribution in [0.4, 0.5) is 0 Å². The highest BCUT2D eigenvalue weighted by atomic mass is 31.2. The SMILES string of the molecule is CC/C=C\C/C=C\C/C=C\C/C=C\C/C=C\CC(=O)OC(COCCCCCCCCCC)COP(=O)(O)OC1C(O)C(O)C(O)C(O)C1O. The van der Waals surface area contributed by atoms with Gasteiger partial charge in [0.1, 0.15) is 42.7 Å². The van der Waals surface area contributed by atoms with E-state index >= 15 is 0 Å². The molecule has 1 saturated carbocycles. The molecule has 0 amide bonds. The lowest BCUT2D eigenvalue weighted by Gasteiger charge is -2.41. The minimum Gasteiger partial charge on any atom is -0.457 e. The monoisotopic (exact) mass is 730 g/mol. The highest BCUT2D eigenvalue weighted by molar-refractivity contribution is 7.47. The Labute approximate surface area is 298 Å². The average Bonchev–Trinajstić information content (AvgIpc) is 3.09. The first-order chi connectivity index (χ1) is 24.0. The summed E-state index contributed by atoms with van der Waals surface area (Å²) in [7, 11) is -5.03. The Balaban J connectivity index is 2.57. The van der Waals surface area contributed by atoms with Gasteiger partial charge in [0.15, 0.2) is 0 Å². The summed E-state index contributed by atoms with van der Waals surface area (Å²) < 4.78 is 33.7. The van der Waals surface area contributed by atoms with Gasteiger partial charge in [0.25, 0.3) is 0 Å². The van der Waals surface area contributed by atoms with Crippen LogP contribution in [0.3, 0.4) is 0 Å². The van der Waals surface area contributed by atoms with Crippen LogP contribution in [0.25, 0.3) is 0 Å². The van der Waals surface area contributed by atoms with Gasteiger partial charge in [-0.15, -0.1) is 0 Å². The van der Waals surface area contributed by atoms with Crippen LogP contribution in [0.1, 0.15) is 104 Å². The second-order valence-corrected chi connectivity index (χ2v) is 13.8. The number of ether oxygens (including phenoxy) is 2. The Morgan fingerprint density at radius 3 is 1.62 bits per heavy atom. The van der Waals surface area contributed by atoms with Crippen LogP contribution < -0.4 is 0 Å². The molecule has 0 aliphatic heterocycles. The van der Waals surface area contributed by atoms with Crippen LogP contribution in [0.5, 0.6) is 0 Å². The number of unbranched alkanes of at least 4 members (excludes halogenated alkanes) is 7. The van der Waals surface area contributed by atoms with E-state index in [-0.39, 0.29) is 13.0 Å². The van der Waals surface area contributed by atoms with Crippen molar-refractivity contribution in [1.82, 2.24) is 0 Å². The second-order valence-electron chi connectivity index (χ2n) is 12.4. The van der Waals surface area contributed by atoms with Gasteiger partial charge >= 0.3 is 13.8 Å². The van der Waals surface area contributed by atoms with Crippen molar-refractivity contribution in [2.75, 3.05) is 19.8 Å². The number of hydrogen-bond donors (Lipinski definition) is 6. The number of phosphoric acid groups is 1. The van der Waals surface area contributed by atoms with Crippen molar-refractivity contribution in [1.29, 1.82) is 0 Å². The second kappa shape index (κ2) is 28.6. The molecule has 1 rings (SSSR count). The van der Waals surface area contributed by atoms with E-state index in [1.807, 2.05) is 18.2 Å². The van der Waals surface area contributed by atoms with Gasteiger partial charge in [0, 0.05) is 6.61 Å². The summed E-state index contributed by atoms with van der Waals surface area (Å²) in [6, 6.07) is 0. The number of hydrogen-bond acceptors (Lipinski definition) is 11. The van der Waals surface area contributed by atoms with Gasteiger partial charge in [-0.2, -0.15) is 0 Å². The Morgan fingerprint density at radius 2 is 1.10 bits per heavy atom. The van der Waals surface area contributed by atoms with Crippen molar-refractivity contribution in [3.8, 4) is 0 Å². The third kappa shape index (κ3) is 21.4. The molecule has 288 valence electrons. The summed E-state index contributed by atoms with van der Waals surface area (Å²) in [6.45, 7) is 3.95. The van der Waals surface area contributed by atoms with Crippen LogP contribution in [-0.4, -0.2) is 98.9 Å². The van der Waals surface area contributed by atoms with E-state index in [4.69, 9.17) is 18.5 Å². The first-order valence-corrected chi connectivity index (χ1v) is 19.6. The molecule has 1 aliphatic carbocycles. The number of carbonyl (C=O) groups excluding carboxylic acids is 1. The molecule has 12 nitrogen and oxygen atoms in total. The fourth-order valence-corrected chi connectivity index (χ4v) is 5.99. The number of esters is 1. The molecule has 1 aliphatic rings. The largest absolute Gasteiger partial charge is 0.472 e.